The van der Waals surface area contributed by atoms with Crippen LogP contribution in [0.4, 0.5) is 35.5 Å². The van der Waals surface area contributed by atoms with Gasteiger partial charge in [0, 0.05) is 22.3 Å². The van der Waals surface area contributed by atoms with Crippen LogP contribution in [-0.2, 0) is 21.5 Å². The van der Waals surface area contributed by atoms with Gasteiger partial charge in [0.25, 0.3) is 0 Å². The topological polar surface area (TPSA) is 89.5 Å². The zero-order valence-electron chi connectivity index (χ0n) is 21.8. The number of carbonyl (C=O) groups is 2. The minimum absolute atomic E-state index is 0.00790. The van der Waals surface area contributed by atoms with E-state index in [0.717, 1.165) is 26.2 Å². The van der Waals surface area contributed by atoms with Crippen LogP contribution in [0.2, 0.25) is 0 Å². The number of hydrogen-bond acceptors (Lipinski definition) is 5. The van der Waals surface area contributed by atoms with Gasteiger partial charge >= 0.3 is 30.5 Å². The summed E-state index contributed by atoms with van der Waals surface area (Å²) in [5.74, 6) is -8.29. The van der Waals surface area contributed by atoms with Crippen molar-refractivity contribution in [2.75, 3.05) is 7.11 Å². The molecule has 0 bridgehead atoms. The highest BCUT2D eigenvalue weighted by atomic mass is 127. The minimum atomic E-state index is -4.99. The summed E-state index contributed by atoms with van der Waals surface area (Å²) in [6, 6.07) is 9.76. The first kappa shape index (κ1) is 32.9. The summed E-state index contributed by atoms with van der Waals surface area (Å²) in [5.41, 5.74) is -1.82. The van der Waals surface area contributed by atoms with Gasteiger partial charge in [-0.15, -0.1) is 0 Å². The van der Waals surface area contributed by atoms with E-state index < -0.39 is 53.6 Å². The Labute approximate surface area is 248 Å². The summed E-state index contributed by atoms with van der Waals surface area (Å²) < 4.78 is 106. The van der Waals surface area contributed by atoms with E-state index in [-0.39, 0.29) is 17.7 Å². The van der Waals surface area contributed by atoms with Crippen molar-refractivity contribution in [1.29, 1.82) is 0 Å². The maximum Gasteiger partial charge on any atom is 0.461 e. The van der Waals surface area contributed by atoms with Crippen molar-refractivity contribution in [2.45, 2.75) is 43.4 Å². The Hall–Kier alpha value is -3.63. The fourth-order valence-electron chi connectivity index (χ4n) is 3.95. The summed E-state index contributed by atoms with van der Waals surface area (Å²) in [7, 11) is 0.734. The van der Waals surface area contributed by atoms with Crippen LogP contribution >= 0.6 is 22.6 Å². The van der Waals surface area contributed by atoms with E-state index >= 15 is 0 Å². The lowest BCUT2D eigenvalue weighted by Crippen LogP contribution is -2.58. The molecule has 1 aromatic heterocycles. The first-order valence-electron chi connectivity index (χ1n) is 12.0. The number of halogens is 8. The third kappa shape index (κ3) is 7.60. The van der Waals surface area contributed by atoms with Crippen LogP contribution in [0, 0.1) is 9.39 Å². The Morgan fingerprint density at radius 1 is 1.02 bits per heavy atom. The fourth-order valence-corrected chi connectivity index (χ4v) is 4.27. The Balaban J connectivity index is 2.21. The Morgan fingerprint density at radius 2 is 1.69 bits per heavy atom. The van der Waals surface area contributed by atoms with E-state index in [2.05, 4.69) is 19.8 Å². The van der Waals surface area contributed by atoms with E-state index in [0.29, 0.717) is 15.2 Å². The minimum Gasteiger partial charge on any atom is -0.465 e. The normalized spacial score (nSPS) is 14.1. The molecule has 2 atom stereocenters. The summed E-state index contributed by atoms with van der Waals surface area (Å²) in [4.78, 5) is 29.1. The molecule has 7 nitrogen and oxygen atoms in total. The van der Waals surface area contributed by atoms with Crippen molar-refractivity contribution in [2.24, 2.45) is 0 Å². The molecular weight excluding hydrogens is 690 g/mol. The van der Waals surface area contributed by atoms with Crippen LogP contribution in [0.15, 0.2) is 66.9 Å². The molecule has 0 saturated heterocycles. The second-order valence-corrected chi connectivity index (χ2v) is 10.2. The highest BCUT2D eigenvalue weighted by molar-refractivity contribution is 14.1. The van der Waals surface area contributed by atoms with Crippen LogP contribution in [0.1, 0.15) is 23.7 Å². The molecule has 0 saturated carbocycles. The van der Waals surface area contributed by atoms with Crippen molar-refractivity contribution in [1.82, 2.24) is 15.6 Å². The molecule has 0 aliphatic carbocycles. The molecule has 1 unspecified atom stereocenters. The number of alkyl halides is 6. The highest BCUT2D eigenvalue weighted by Gasteiger charge is 2.48. The van der Waals surface area contributed by atoms with Gasteiger partial charge in [-0.25, -0.2) is 14.0 Å². The molecular formula is C27H23F7IN3O4. The number of benzene rings is 2. The summed E-state index contributed by atoms with van der Waals surface area (Å²) in [6.07, 6.45) is -8.14. The maximum atomic E-state index is 14.9. The highest BCUT2D eigenvalue weighted by Crippen LogP contribution is 2.37. The third-order valence-electron chi connectivity index (χ3n) is 6.02. The van der Waals surface area contributed by atoms with E-state index in [1.807, 2.05) is 27.9 Å². The predicted octanol–water partition coefficient (Wildman–Crippen LogP) is 6.04. The SMILES string of the molecule is COC(=O)C(F)(F)C(C)NC(=O)N[C@@](Cc1ccccc1)(c1cc(F)cc(OC(F)(F)C(F)F)c1)c1ccc(I)cn1. The summed E-state index contributed by atoms with van der Waals surface area (Å²) >= 11 is 1.93. The standard InChI is InChI=1S/C27H23F7IN3O4/c1-15(26(31,32)23(39)41-2)37-24(40)38-25(13-16-6-4-3-5-7-16,21-9-8-19(35)14-36-21)17-10-18(28)12-20(11-17)42-27(33,34)22(29)30/h3-12,14-15,22H,13H2,1-2H3,(H2,37,38,40)/t15?,25-/m0/s1. The molecule has 2 N–H and O–H groups in total. The van der Waals surface area contributed by atoms with Gasteiger partial charge in [-0.2, -0.15) is 26.3 Å². The van der Waals surface area contributed by atoms with Crippen LogP contribution in [-0.4, -0.2) is 48.6 Å². The van der Waals surface area contributed by atoms with Gasteiger partial charge in [0.05, 0.1) is 12.8 Å². The number of aromatic nitrogens is 1. The van der Waals surface area contributed by atoms with Crippen LogP contribution < -0.4 is 15.4 Å². The molecule has 0 aliphatic rings. The number of hydrogen-bond donors (Lipinski definition) is 2. The molecule has 3 rings (SSSR count). The zero-order valence-corrected chi connectivity index (χ0v) is 24.0. The molecule has 2 aromatic carbocycles. The quantitative estimate of drug-likeness (QED) is 0.144. The maximum absolute atomic E-state index is 14.9. The average molecular weight is 713 g/mol. The van der Waals surface area contributed by atoms with Crippen LogP contribution in [0.25, 0.3) is 0 Å². The van der Waals surface area contributed by atoms with E-state index in [1.165, 1.54) is 12.3 Å². The fraction of sp³-hybridized carbons (Fsp3) is 0.296. The van der Waals surface area contributed by atoms with Crippen molar-refractivity contribution in [3.05, 3.63) is 93.1 Å². The van der Waals surface area contributed by atoms with Crippen molar-refractivity contribution < 1.29 is 49.8 Å². The number of nitrogens with zero attached hydrogens (tertiary/aromatic N) is 1. The summed E-state index contributed by atoms with van der Waals surface area (Å²) in [5, 5.41) is 4.41. The van der Waals surface area contributed by atoms with Gasteiger partial charge in [0.15, 0.2) is 0 Å². The lowest BCUT2D eigenvalue weighted by molar-refractivity contribution is -0.253. The number of amides is 2. The molecule has 2 amide bonds. The number of rotatable bonds is 11. The molecule has 0 fully saturated rings. The largest absolute Gasteiger partial charge is 0.465 e. The Bertz CT molecular complexity index is 1400. The number of carbonyl (C=O) groups excluding carboxylic acids is 2. The summed E-state index contributed by atoms with van der Waals surface area (Å²) in [6.45, 7) is 0.832. The van der Waals surface area contributed by atoms with Gasteiger partial charge in [0.2, 0.25) is 0 Å². The van der Waals surface area contributed by atoms with Crippen LogP contribution in [0.5, 0.6) is 5.75 Å². The average Bonchev–Trinajstić information content (AvgIpc) is 2.92. The molecule has 1 heterocycles. The van der Waals surface area contributed by atoms with Gasteiger partial charge in [0.1, 0.15) is 23.1 Å². The lowest BCUT2D eigenvalue weighted by Gasteiger charge is -2.36. The molecule has 42 heavy (non-hydrogen) atoms. The number of pyridine rings is 1. The molecule has 0 spiro atoms. The Kier molecular flexibility index (Phi) is 10.3. The lowest BCUT2D eigenvalue weighted by atomic mass is 9.80. The first-order valence-corrected chi connectivity index (χ1v) is 13.1. The van der Waals surface area contributed by atoms with Crippen LogP contribution in [0.3, 0.4) is 0 Å². The number of methoxy groups -OCH3 is 1. The van der Waals surface area contributed by atoms with E-state index in [9.17, 15) is 40.3 Å². The zero-order chi connectivity index (χ0) is 31.3. The first-order chi connectivity index (χ1) is 19.6. The van der Waals surface area contributed by atoms with Gasteiger partial charge in [-0.05, 0) is 64.9 Å². The van der Waals surface area contributed by atoms with Gasteiger partial charge < -0.3 is 20.1 Å². The predicted molar refractivity (Wildman–Crippen MR) is 144 cm³/mol. The third-order valence-corrected chi connectivity index (χ3v) is 6.66. The molecule has 15 heteroatoms. The number of urea groups is 1. The van der Waals surface area contributed by atoms with E-state index in [4.69, 9.17) is 0 Å². The molecule has 226 valence electrons. The number of nitrogens with one attached hydrogen (secondary N) is 2. The van der Waals surface area contributed by atoms with Crippen molar-refractivity contribution >= 4 is 34.6 Å². The molecule has 3 aromatic rings. The molecule has 0 aliphatic heterocycles. The second-order valence-electron chi connectivity index (χ2n) is 9.00. The second kappa shape index (κ2) is 13.1. The van der Waals surface area contributed by atoms with E-state index in [1.54, 1.807) is 36.4 Å². The van der Waals surface area contributed by atoms with Gasteiger partial charge in [-0.3, -0.25) is 4.98 Å². The van der Waals surface area contributed by atoms with Crippen molar-refractivity contribution in [3.63, 3.8) is 0 Å². The van der Waals surface area contributed by atoms with Gasteiger partial charge in [-0.1, -0.05) is 30.3 Å². The monoisotopic (exact) mass is 713 g/mol. The number of esters is 1. The Morgan fingerprint density at radius 3 is 2.26 bits per heavy atom. The smallest absolute Gasteiger partial charge is 0.461 e. The van der Waals surface area contributed by atoms with Crippen molar-refractivity contribution in [3.8, 4) is 5.75 Å². The molecule has 0 radical (unpaired) electrons. The number of ether oxygens (including phenoxy) is 2.